The monoisotopic (exact) mass is 382 g/mol. The van der Waals surface area contributed by atoms with Crippen molar-refractivity contribution in [3.05, 3.63) is 112 Å². The van der Waals surface area contributed by atoms with Crippen molar-refractivity contribution in [3.8, 4) is 11.5 Å². The molecule has 1 aliphatic rings. The first-order chi connectivity index (χ1) is 14.1. The summed E-state index contributed by atoms with van der Waals surface area (Å²) in [6.45, 7) is 4.44. The molecule has 0 atom stereocenters. The first-order valence-electron chi connectivity index (χ1n) is 9.60. The molecule has 29 heavy (non-hydrogen) atoms. The van der Waals surface area contributed by atoms with E-state index < -0.39 is 0 Å². The maximum Gasteiger partial charge on any atom is 0.231 e. The van der Waals surface area contributed by atoms with Crippen LogP contribution in [0.4, 0.5) is 0 Å². The number of fused-ring (bicyclic) bond motifs is 1. The molecule has 3 aromatic carbocycles. The van der Waals surface area contributed by atoms with E-state index in [1.165, 1.54) is 5.56 Å². The second-order valence-corrected chi connectivity index (χ2v) is 7.07. The van der Waals surface area contributed by atoms with E-state index in [-0.39, 0.29) is 5.78 Å². The van der Waals surface area contributed by atoms with Gasteiger partial charge in [-0.2, -0.15) is 0 Å². The lowest BCUT2D eigenvalue weighted by Crippen LogP contribution is -1.98. The molecular weight excluding hydrogens is 360 g/mol. The van der Waals surface area contributed by atoms with Crippen LogP contribution in [-0.2, 0) is 6.61 Å². The van der Waals surface area contributed by atoms with Crippen LogP contribution in [0.1, 0.15) is 32.6 Å². The normalized spacial score (nSPS) is 14.3. The van der Waals surface area contributed by atoms with Crippen LogP contribution in [0.25, 0.3) is 6.08 Å². The number of ether oxygens (including phenoxy) is 2. The molecule has 0 saturated carbocycles. The summed E-state index contributed by atoms with van der Waals surface area (Å²) in [6.07, 6.45) is 5.48. The minimum Gasteiger partial charge on any atom is -0.488 e. The second kappa shape index (κ2) is 8.19. The number of allylic oxidation sites excluding steroid dienone is 3. The van der Waals surface area contributed by atoms with Crippen molar-refractivity contribution in [2.75, 3.05) is 0 Å². The summed E-state index contributed by atoms with van der Waals surface area (Å²) in [4.78, 5) is 12.6. The Hall–Kier alpha value is -3.59. The highest BCUT2D eigenvalue weighted by Crippen LogP contribution is 2.39. The van der Waals surface area contributed by atoms with Gasteiger partial charge in [-0.05, 0) is 43.2 Å². The molecule has 1 heterocycles. The standard InChI is InChI=1S/C26H22O3/c1-18-11-13-21(14-12-18)17-28-23-16-15-22-25(27)24(29-26(22)19(23)2)10-6-9-20-7-4-3-5-8-20/h3-16H,17H2,1-2H3/b9-6+,24-10-. The van der Waals surface area contributed by atoms with E-state index in [9.17, 15) is 4.79 Å². The zero-order valence-electron chi connectivity index (χ0n) is 16.5. The van der Waals surface area contributed by atoms with Crippen LogP contribution in [-0.4, -0.2) is 5.78 Å². The topological polar surface area (TPSA) is 35.5 Å². The molecule has 0 amide bonds. The smallest absolute Gasteiger partial charge is 0.231 e. The largest absolute Gasteiger partial charge is 0.488 e. The van der Waals surface area contributed by atoms with Crippen molar-refractivity contribution in [1.29, 1.82) is 0 Å². The summed E-state index contributed by atoms with van der Waals surface area (Å²) in [6, 6.07) is 21.8. The number of hydrogen-bond donors (Lipinski definition) is 0. The summed E-state index contributed by atoms with van der Waals surface area (Å²) in [5.74, 6) is 1.52. The van der Waals surface area contributed by atoms with Gasteiger partial charge in [0.1, 0.15) is 18.1 Å². The van der Waals surface area contributed by atoms with Gasteiger partial charge in [0.25, 0.3) is 0 Å². The number of hydrogen-bond acceptors (Lipinski definition) is 3. The highest BCUT2D eigenvalue weighted by Gasteiger charge is 2.29. The number of benzene rings is 3. The highest BCUT2D eigenvalue weighted by atomic mass is 16.5. The lowest BCUT2D eigenvalue weighted by molar-refractivity contribution is 0.101. The van der Waals surface area contributed by atoms with Gasteiger partial charge in [0.15, 0.2) is 5.76 Å². The Bertz CT molecular complexity index is 1090. The van der Waals surface area contributed by atoms with E-state index in [0.29, 0.717) is 23.7 Å². The molecule has 4 rings (SSSR count). The third-order valence-electron chi connectivity index (χ3n) is 4.89. The summed E-state index contributed by atoms with van der Waals surface area (Å²) >= 11 is 0. The van der Waals surface area contributed by atoms with Gasteiger partial charge in [-0.3, -0.25) is 4.79 Å². The molecule has 1 aliphatic heterocycles. The second-order valence-electron chi connectivity index (χ2n) is 7.07. The summed E-state index contributed by atoms with van der Waals surface area (Å²) < 4.78 is 11.8. The molecular formula is C26H22O3. The third-order valence-corrected chi connectivity index (χ3v) is 4.89. The fraction of sp³-hybridized carbons (Fsp3) is 0.115. The molecule has 0 saturated heterocycles. The first-order valence-corrected chi connectivity index (χ1v) is 9.60. The lowest BCUT2D eigenvalue weighted by atomic mass is 10.1. The van der Waals surface area contributed by atoms with Gasteiger partial charge in [-0.25, -0.2) is 0 Å². The molecule has 0 fully saturated rings. The maximum absolute atomic E-state index is 12.6. The predicted octanol–water partition coefficient (Wildman–Crippen LogP) is 6.05. The fourth-order valence-corrected chi connectivity index (χ4v) is 3.20. The zero-order valence-corrected chi connectivity index (χ0v) is 16.5. The number of carbonyl (C=O) groups excluding carboxylic acids is 1. The highest BCUT2D eigenvalue weighted by molar-refractivity contribution is 6.12. The average Bonchev–Trinajstić information content (AvgIpc) is 3.06. The van der Waals surface area contributed by atoms with Crippen molar-refractivity contribution in [2.24, 2.45) is 0 Å². The van der Waals surface area contributed by atoms with Gasteiger partial charge in [-0.1, -0.05) is 72.3 Å². The van der Waals surface area contributed by atoms with Crippen LogP contribution in [0.3, 0.4) is 0 Å². The van der Waals surface area contributed by atoms with Crippen molar-refractivity contribution < 1.29 is 14.3 Å². The molecule has 3 nitrogen and oxygen atoms in total. The van der Waals surface area contributed by atoms with Gasteiger partial charge < -0.3 is 9.47 Å². The average molecular weight is 382 g/mol. The molecule has 0 aromatic heterocycles. The van der Waals surface area contributed by atoms with Gasteiger partial charge in [0.2, 0.25) is 5.78 Å². The third kappa shape index (κ3) is 4.14. The number of aryl methyl sites for hydroxylation is 1. The molecule has 3 aromatic rings. The molecule has 0 unspecified atom stereocenters. The van der Waals surface area contributed by atoms with E-state index in [0.717, 1.165) is 22.4 Å². The summed E-state index contributed by atoms with van der Waals surface area (Å²) in [5.41, 5.74) is 4.78. The molecule has 3 heteroatoms. The first kappa shape index (κ1) is 18.8. The SMILES string of the molecule is Cc1ccc(COc2ccc3c(c2C)O/C(=C\C=C\c2ccccc2)C3=O)cc1. The van der Waals surface area contributed by atoms with Crippen molar-refractivity contribution in [3.63, 3.8) is 0 Å². The van der Waals surface area contributed by atoms with Crippen LogP contribution in [0.5, 0.6) is 11.5 Å². The van der Waals surface area contributed by atoms with Crippen molar-refractivity contribution >= 4 is 11.9 Å². The van der Waals surface area contributed by atoms with E-state index in [1.807, 2.05) is 55.5 Å². The molecule has 0 N–H and O–H groups in total. The van der Waals surface area contributed by atoms with Crippen LogP contribution in [0.15, 0.2) is 84.6 Å². The lowest BCUT2D eigenvalue weighted by Gasteiger charge is -2.11. The quantitative estimate of drug-likeness (QED) is 0.504. The Balaban J connectivity index is 1.50. The fourth-order valence-electron chi connectivity index (χ4n) is 3.20. The van der Waals surface area contributed by atoms with Crippen molar-refractivity contribution in [2.45, 2.75) is 20.5 Å². The molecule has 144 valence electrons. The molecule has 0 aliphatic carbocycles. The summed E-state index contributed by atoms with van der Waals surface area (Å²) in [5, 5.41) is 0. The number of Topliss-reactive ketones (excluding diaryl/α,β-unsaturated/α-hetero) is 1. The van der Waals surface area contributed by atoms with Crippen LogP contribution >= 0.6 is 0 Å². The van der Waals surface area contributed by atoms with Gasteiger partial charge in [0, 0.05) is 5.56 Å². The van der Waals surface area contributed by atoms with E-state index >= 15 is 0 Å². The Kier molecular flexibility index (Phi) is 5.30. The Morgan fingerprint density at radius 3 is 2.45 bits per heavy atom. The van der Waals surface area contributed by atoms with Gasteiger partial charge in [-0.15, -0.1) is 0 Å². The van der Waals surface area contributed by atoms with Crippen molar-refractivity contribution in [1.82, 2.24) is 0 Å². The number of carbonyl (C=O) groups is 1. The van der Waals surface area contributed by atoms with Crippen LogP contribution < -0.4 is 9.47 Å². The minimum atomic E-state index is -0.106. The Morgan fingerprint density at radius 2 is 1.69 bits per heavy atom. The predicted molar refractivity (Wildman–Crippen MR) is 115 cm³/mol. The summed E-state index contributed by atoms with van der Waals surface area (Å²) in [7, 11) is 0. The Labute approximate surface area is 170 Å². The minimum absolute atomic E-state index is 0.106. The van der Waals surface area contributed by atoms with Gasteiger partial charge >= 0.3 is 0 Å². The van der Waals surface area contributed by atoms with E-state index in [4.69, 9.17) is 9.47 Å². The zero-order chi connectivity index (χ0) is 20.2. The van der Waals surface area contributed by atoms with Gasteiger partial charge in [0.05, 0.1) is 5.56 Å². The molecule has 0 bridgehead atoms. The van der Waals surface area contributed by atoms with E-state index in [1.54, 1.807) is 12.1 Å². The maximum atomic E-state index is 12.6. The van der Waals surface area contributed by atoms with Crippen LogP contribution in [0.2, 0.25) is 0 Å². The molecule has 0 radical (unpaired) electrons. The number of rotatable bonds is 5. The van der Waals surface area contributed by atoms with E-state index in [2.05, 4.69) is 31.2 Å². The van der Waals surface area contributed by atoms with Crippen LogP contribution in [0, 0.1) is 13.8 Å². The Morgan fingerprint density at radius 1 is 0.931 bits per heavy atom. The molecule has 0 spiro atoms. The number of ketones is 1.